The molecule has 0 aromatic heterocycles. The van der Waals surface area contributed by atoms with E-state index in [4.69, 9.17) is 5.11 Å². The van der Waals surface area contributed by atoms with E-state index >= 15 is 0 Å². The first-order valence-corrected chi connectivity index (χ1v) is 7.69. The molecule has 1 aliphatic carbocycles. The van der Waals surface area contributed by atoms with Gasteiger partial charge in [-0.25, -0.2) is 0 Å². The van der Waals surface area contributed by atoms with Crippen LogP contribution in [0.3, 0.4) is 0 Å². The second kappa shape index (κ2) is 5.99. The molecule has 1 aliphatic rings. The molecule has 1 aromatic rings. The number of aryl methyl sites for hydroxylation is 2. The smallest absolute Gasteiger partial charge is 0.303 e. The number of benzene rings is 1. The Balaban J connectivity index is 2.13. The monoisotopic (exact) mass is 274 g/mol. The first-order chi connectivity index (χ1) is 9.39. The molecule has 1 N–H and O–H groups in total. The number of fused-ring (bicyclic) bond motifs is 1. The van der Waals surface area contributed by atoms with E-state index in [0.717, 1.165) is 12.8 Å². The summed E-state index contributed by atoms with van der Waals surface area (Å²) in [5, 5.41) is 8.88. The molecule has 0 amide bonds. The molecule has 2 heteroatoms. The van der Waals surface area contributed by atoms with Crippen LogP contribution in [-0.2, 0) is 11.2 Å². The lowest BCUT2D eigenvalue weighted by atomic mass is 9.71. The maximum Gasteiger partial charge on any atom is 0.303 e. The molecule has 0 saturated carbocycles. The van der Waals surface area contributed by atoms with Gasteiger partial charge < -0.3 is 5.11 Å². The van der Waals surface area contributed by atoms with E-state index in [9.17, 15) is 4.79 Å². The largest absolute Gasteiger partial charge is 0.481 e. The van der Waals surface area contributed by atoms with Crippen LogP contribution >= 0.6 is 0 Å². The average Bonchev–Trinajstić information content (AvgIpc) is 2.36. The van der Waals surface area contributed by atoms with Crippen molar-refractivity contribution in [2.24, 2.45) is 5.41 Å². The fourth-order valence-corrected chi connectivity index (χ4v) is 3.65. The highest BCUT2D eigenvalue weighted by atomic mass is 16.4. The number of aliphatic carboxylic acids is 1. The minimum atomic E-state index is -0.682. The Morgan fingerprint density at radius 2 is 2.15 bits per heavy atom. The second-order valence-electron chi connectivity index (χ2n) is 7.00. The van der Waals surface area contributed by atoms with Gasteiger partial charge in [0.25, 0.3) is 0 Å². The van der Waals surface area contributed by atoms with Crippen LogP contribution in [0.4, 0.5) is 0 Å². The molecule has 0 fully saturated rings. The molecule has 0 saturated heterocycles. The third-order valence-electron chi connectivity index (χ3n) is 4.64. The molecule has 20 heavy (non-hydrogen) atoms. The van der Waals surface area contributed by atoms with Crippen molar-refractivity contribution in [1.82, 2.24) is 0 Å². The van der Waals surface area contributed by atoms with Crippen LogP contribution in [0.25, 0.3) is 0 Å². The van der Waals surface area contributed by atoms with Gasteiger partial charge >= 0.3 is 5.97 Å². The van der Waals surface area contributed by atoms with Gasteiger partial charge in [-0.15, -0.1) is 0 Å². The molecule has 2 nitrogen and oxygen atoms in total. The van der Waals surface area contributed by atoms with Crippen LogP contribution in [0, 0.1) is 12.3 Å². The highest BCUT2D eigenvalue weighted by Gasteiger charge is 2.29. The first-order valence-electron chi connectivity index (χ1n) is 7.69. The maximum atomic E-state index is 10.8. The van der Waals surface area contributed by atoms with Gasteiger partial charge in [0, 0.05) is 6.42 Å². The number of rotatable bonds is 5. The van der Waals surface area contributed by atoms with Gasteiger partial charge in [0.1, 0.15) is 0 Å². The molecule has 0 aliphatic heterocycles. The van der Waals surface area contributed by atoms with E-state index in [1.165, 1.54) is 30.4 Å². The third-order valence-corrected chi connectivity index (χ3v) is 4.64. The van der Waals surface area contributed by atoms with Crippen molar-refractivity contribution >= 4 is 5.97 Å². The van der Waals surface area contributed by atoms with Crippen molar-refractivity contribution in [3.05, 3.63) is 34.9 Å². The predicted octanol–water partition coefficient (Wildman–Crippen LogP) is 4.70. The van der Waals surface area contributed by atoms with Crippen LogP contribution in [0.1, 0.15) is 68.6 Å². The van der Waals surface area contributed by atoms with E-state index in [2.05, 4.69) is 39.0 Å². The molecular formula is C18H26O2. The lowest BCUT2D eigenvalue weighted by Crippen LogP contribution is -2.21. The minimum Gasteiger partial charge on any atom is -0.481 e. The van der Waals surface area contributed by atoms with Gasteiger partial charge in [0.15, 0.2) is 0 Å². The zero-order valence-electron chi connectivity index (χ0n) is 12.9. The highest BCUT2D eigenvalue weighted by molar-refractivity contribution is 5.66. The molecule has 1 unspecified atom stereocenters. The van der Waals surface area contributed by atoms with Gasteiger partial charge in [-0.05, 0) is 67.1 Å². The first kappa shape index (κ1) is 15.1. The quantitative estimate of drug-likeness (QED) is 0.845. The minimum absolute atomic E-state index is 0.0972. The van der Waals surface area contributed by atoms with Gasteiger partial charge in [0.05, 0.1) is 0 Å². The third kappa shape index (κ3) is 3.62. The van der Waals surface area contributed by atoms with Crippen LogP contribution in [0.5, 0.6) is 0 Å². The van der Waals surface area contributed by atoms with Crippen LogP contribution in [0.15, 0.2) is 18.2 Å². The SMILES string of the molecule is Cc1cccc2c1C(CC(C)(C)CCC(=O)O)CCC2. The predicted molar refractivity (Wildman–Crippen MR) is 82.1 cm³/mol. The van der Waals surface area contributed by atoms with Crippen molar-refractivity contribution < 1.29 is 9.90 Å². The van der Waals surface area contributed by atoms with Crippen molar-refractivity contribution in [2.75, 3.05) is 0 Å². The van der Waals surface area contributed by atoms with Gasteiger partial charge in [-0.3, -0.25) is 4.79 Å². The van der Waals surface area contributed by atoms with E-state index in [0.29, 0.717) is 5.92 Å². The Hall–Kier alpha value is -1.31. The van der Waals surface area contributed by atoms with E-state index in [1.807, 2.05) is 0 Å². The van der Waals surface area contributed by atoms with Gasteiger partial charge in [-0.1, -0.05) is 32.0 Å². The van der Waals surface area contributed by atoms with Gasteiger partial charge in [-0.2, -0.15) is 0 Å². The lowest BCUT2D eigenvalue weighted by Gasteiger charge is -2.34. The molecule has 0 bridgehead atoms. The Morgan fingerprint density at radius 3 is 2.85 bits per heavy atom. The topological polar surface area (TPSA) is 37.3 Å². The van der Waals surface area contributed by atoms with E-state index in [1.54, 1.807) is 5.56 Å². The molecule has 0 heterocycles. The number of carboxylic acid groups (broad SMARTS) is 1. The molecular weight excluding hydrogens is 248 g/mol. The van der Waals surface area contributed by atoms with Crippen molar-refractivity contribution in [3.63, 3.8) is 0 Å². The molecule has 110 valence electrons. The highest BCUT2D eigenvalue weighted by Crippen LogP contribution is 2.42. The summed E-state index contributed by atoms with van der Waals surface area (Å²) >= 11 is 0. The van der Waals surface area contributed by atoms with E-state index in [-0.39, 0.29) is 11.8 Å². The van der Waals surface area contributed by atoms with E-state index < -0.39 is 5.97 Å². The standard InChI is InChI=1S/C18H26O2/c1-13-6-4-7-14-8-5-9-15(17(13)14)12-18(2,3)11-10-16(19)20/h4,6-7,15H,5,8-12H2,1-3H3,(H,19,20). The van der Waals surface area contributed by atoms with Crippen LogP contribution in [0.2, 0.25) is 0 Å². The number of carbonyl (C=O) groups is 1. The molecule has 2 rings (SSSR count). The summed E-state index contributed by atoms with van der Waals surface area (Å²) in [6, 6.07) is 6.63. The average molecular weight is 274 g/mol. The normalized spacial score (nSPS) is 18.6. The molecule has 1 aromatic carbocycles. The van der Waals surface area contributed by atoms with Crippen LogP contribution in [-0.4, -0.2) is 11.1 Å². The van der Waals surface area contributed by atoms with Gasteiger partial charge in [0.2, 0.25) is 0 Å². The van der Waals surface area contributed by atoms with Crippen molar-refractivity contribution in [3.8, 4) is 0 Å². The zero-order valence-corrected chi connectivity index (χ0v) is 12.9. The summed E-state index contributed by atoms with van der Waals surface area (Å²) in [7, 11) is 0. The van der Waals surface area contributed by atoms with Crippen LogP contribution < -0.4 is 0 Å². The summed E-state index contributed by atoms with van der Waals surface area (Å²) < 4.78 is 0. The molecule has 1 atom stereocenters. The second-order valence-corrected chi connectivity index (χ2v) is 7.00. The Labute approximate surface area is 122 Å². The number of hydrogen-bond donors (Lipinski definition) is 1. The summed E-state index contributed by atoms with van der Waals surface area (Å²) in [4.78, 5) is 10.8. The summed E-state index contributed by atoms with van der Waals surface area (Å²) in [6.45, 7) is 6.63. The fraction of sp³-hybridized carbons (Fsp3) is 0.611. The Bertz CT molecular complexity index is 488. The zero-order chi connectivity index (χ0) is 14.8. The summed E-state index contributed by atoms with van der Waals surface area (Å²) in [6.07, 6.45) is 5.84. The Morgan fingerprint density at radius 1 is 1.40 bits per heavy atom. The molecule has 0 spiro atoms. The Kier molecular flexibility index (Phi) is 4.52. The summed E-state index contributed by atoms with van der Waals surface area (Å²) in [5.41, 5.74) is 4.55. The number of carboxylic acids is 1. The van der Waals surface area contributed by atoms with Crippen molar-refractivity contribution in [2.45, 2.75) is 65.2 Å². The lowest BCUT2D eigenvalue weighted by molar-refractivity contribution is -0.137. The number of hydrogen-bond acceptors (Lipinski definition) is 1. The molecule has 0 radical (unpaired) electrons. The fourth-order valence-electron chi connectivity index (χ4n) is 3.65. The van der Waals surface area contributed by atoms with Crippen molar-refractivity contribution in [1.29, 1.82) is 0 Å². The summed E-state index contributed by atoms with van der Waals surface area (Å²) in [5.74, 6) is -0.0814. The maximum absolute atomic E-state index is 10.8.